The summed E-state index contributed by atoms with van der Waals surface area (Å²) in [5, 5.41) is 0. The molecular weight excluding hydrogens is 196 g/mol. The van der Waals surface area contributed by atoms with Gasteiger partial charge in [-0.25, -0.2) is 0 Å². The zero-order valence-electron chi connectivity index (χ0n) is 9.49. The highest BCUT2D eigenvalue weighted by atomic mass is 16.5. The zero-order chi connectivity index (χ0) is 12.0. The van der Waals surface area contributed by atoms with Gasteiger partial charge in [0, 0.05) is 0 Å². The van der Waals surface area contributed by atoms with Crippen LogP contribution in [0, 0.1) is 5.92 Å². The molecule has 0 radical (unpaired) electrons. The van der Waals surface area contributed by atoms with E-state index < -0.39 is 17.9 Å². The standard InChI is InChI=1S/C11H16O4/c1-6-8(7(2)3)9(10(12)14-4)11(13)15-5/h6,9H,1H2,2-5H3. The van der Waals surface area contributed by atoms with Crippen LogP contribution in [0.4, 0.5) is 0 Å². The van der Waals surface area contributed by atoms with Gasteiger partial charge in [0.05, 0.1) is 14.2 Å². The van der Waals surface area contributed by atoms with Gasteiger partial charge >= 0.3 is 11.9 Å². The molecule has 0 aliphatic heterocycles. The van der Waals surface area contributed by atoms with Gasteiger partial charge < -0.3 is 9.47 Å². The van der Waals surface area contributed by atoms with E-state index in [4.69, 9.17) is 0 Å². The second-order valence-corrected chi connectivity index (χ2v) is 3.14. The van der Waals surface area contributed by atoms with Gasteiger partial charge in [-0.15, -0.1) is 0 Å². The molecule has 0 amide bonds. The van der Waals surface area contributed by atoms with Crippen molar-refractivity contribution in [1.29, 1.82) is 0 Å². The Morgan fingerprint density at radius 3 is 1.73 bits per heavy atom. The van der Waals surface area contributed by atoms with Crippen LogP contribution < -0.4 is 0 Å². The summed E-state index contributed by atoms with van der Waals surface area (Å²) in [6.07, 6.45) is 1.47. The van der Waals surface area contributed by atoms with Gasteiger partial charge in [-0.2, -0.15) is 0 Å². The highest BCUT2D eigenvalue weighted by Crippen LogP contribution is 2.19. The molecule has 4 nitrogen and oxygen atoms in total. The SMILES string of the molecule is C=CC(=C(C)C)C(C(=O)OC)C(=O)OC. The van der Waals surface area contributed by atoms with E-state index in [-0.39, 0.29) is 0 Å². The lowest BCUT2D eigenvalue weighted by Gasteiger charge is -2.14. The number of hydrogen-bond acceptors (Lipinski definition) is 4. The Bertz CT molecular complexity index is 282. The molecule has 0 aromatic rings. The lowest BCUT2D eigenvalue weighted by molar-refractivity contribution is -0.156. The summed E-state index contributed by atoms with van der Waals surface area (Å²) in [5.41, 5.74) is 1.35. The van der Waals surface area contributed by atoms with Crippen molar-refractivity contribution in [3.05, 3.63) is 23.8 Å². The first-order valence-corrected chi connectivity index (χ1v) is 4.45. The summed E-state index contributed by atoms with van der Waals surface area (Å²) < 4.78 is 9.09. The van der Waals surface area contributed by atoms with E-state index in [9.17, 15) is 9.59 Å². The van der Waals surface area contributed by atoms with E-state index in [0.717, 1.165) is 5.57 Å². The van der Waals surface area contributed by atoms with Crippen LogP contribution in [0.15, 0.2) is 23.8 Å². The second-order valence-electron chi connectivity index (χ2n) is 3.14. The first kappa shape index (κ1) is 13.4. The maximum Gasteiger partial charge on any atom is 0.324 e. The predicted molar refractivity (Wildman–Crippen MR) is 56.1 cm³/mol. The summed E-state index contributed by atoms with van der Waals surface area (Å²) in [4.78, 5) is 22.8. The molecule has 4 heteroatoms. The minimum absolute atomic E-state index is 0.522. The minimum Gasteiger partial charge on any atom is -0.468 e. The monoisotopic (exact) mass is 212 g/mol. The fourth-order valence-electron chi connectivity index (χ4n) is 1.20. The molecule has 0 aromatic heterocycles. The number of methoxy groups -OCH3 is 2. The van der Waals surface area contributed by atoms with Gasteiger partial charge in [0.15, 0.2) is 5.92 Å². The Hall–Kier alpha value is -1.58. The van der Waals surface area contributed by atoms with E-state index in [2.05, 4.69) is 16.1 Å². The molecule has 15 heavy (non-hydrogen) atoms. The third kappa shape index (κ3) is 3.23. The average molecular weight is 212 g/mol. The van der Waals surface area contributed by atoms with Gasteiger partial charge in [-0.05, 0) is 19.4 Å². The second kappa shape index (κ2) is 6.01. The van der Waals surface area contributed by atoms with Crippen LogP contribution in [0.5, 0.6) is 0 Å². The molecule has 0 aliphatic carbocycles. The van der Waals surface area contributed by atoms with Crippen LogP contribution in [-0.4, -0.2) is 26.2 Å². The molecule has 0 saturated carbocycles. The molecule has 0 saturated heterocycles. The van der Waals surface area contributed by atoms with E-state index in [1.165, 1.54) is 20.3 Å². The number of allylic oxidation sites excluding steroid dienone is 2. The van der Waals surface area contributed by atoms with E-state index in [1.54, 1.807) is 13.8 Å². The Labute approximate surface area is 89.6 Å². The number of carbonyl (C=O) groups is 2. The molecule has 0 rings (SSSR count). The lowest BCUT2D eigenvalue weighted by atomic mass is 9.95. The third-order valence-electron chi connectivity index (χ3n) is 1.98. The van der Waals surface area contributed by atoms with Crippen LogP contribution in [0.25, 0.3) is 0 Å². The molecule has 0 bridgehead atoms. The third-order valence-corrected chi connectivity index (χ3v) is 1.98. The molecule has 0 unspecified atom stereocenters. The largest absolute Gasteiger partial charge is 0.468 e. The summed E-state index contributed by atoms with van der Waals surface area (Å²) in [6, 6.07) is 0. The number of hydrogen-bond donors (Lipinski definition) is 0. The van der Waals surface area contributed by atoms with Crippen LogP contribution >= 0.6 is 0 Å². The molecule has 0 fully saturated rings. The fourth-order valence-corrected chi connectivity index (χ4v) is 1.20. The van der Waals surface area contributed by atoms with Crippen molar-refractivity contribution in [3.8, 4) is 0 Å². The summed E-state index contributed by atoms with van der Waals surface area (Å²) in [7, 11) is 2.45. The number of rotatable bonds is 4. The Kier molecular flexibility index (Phi) is 5.37. The number of carbonyl (C=O) groups excluding carboxylic acids is 2. The molecule has 84 valence electrons. The van der Waals surface area contributed by atoms with Gasteiger partial charge in [0.1, 0.15) is 0 Å². The molecule has 0 aromatic carbocycles. The zero-order valence-corrected chi connectivity index (χ0v) is 9.49. The van der Waals surface area contributed by atoms with Gasteiger partial charge in [0.25, 0.3) is 0 Å². The Morgan fingerprint density at radius 2 is 1.53 bits per heavy atom. The highest BCUT2D eigenvalue weighted by Gasteiger charge is 2.31. The van der Waals surface area contributed by atoms with Crippen molar-refractivity contribution in [2.75, 3.05) is 14.2 Å². The van der Waals surface area contributed by atoms with E-state index >= 15 is 0 Å². The molecule has 0 aliphatic rings. The number of ether oxygens (including phenoxy) is 2. The van der Waals surface area contributed by atoms with Crippen molar-refractivity contribution < 1.29 is 19.1 Å². The molecule has 0 heterocycles. The van der Waals surface area contributed by atoms with E-state index in [0.29, 0.717) is 5.57 Å². The van der Waals surface area contributed by atoms with Crippen molar-refractivity contribution in [2.24, 2.45) is 5.92 Å². The van der Waals surface area contributed by atoms with Gasteiger partial charge in [-0.1, -0.05) is 18.2 Å². The smallest absolute Gasteiger partial charge is 0.324 e. The first-order chi connectivity index (χ1) is 6.99. The summed E-state index contributed by atoms with van der Waals surface area (Å²) >= 11 is 0. The van der Waals surface area contributed by atoms with Crippen LogP contribution in [-0.2, 0) is 19.1 Å². The average Bonchev–Trinajstić information content (AvgIpc) is 2.23. The minimum atomic E-state index is -1.04. The quantitative estimate of drug-likeness (QED) is 0.402. The predicted octanol–water partition coefficient (Wildman–Crippen LogP) is 1.47. The van der Waals surface area contributed by atoms with Crippen molar-refractivity contribution in [3.63, 3.8) is 0 Å². The maximum atomic E-state index is 11.4. The van der Waals surface area contributed by atoms with Crippen LogP contribution in [0.2, 0.25) is 0 Å². The van der Waals surface area contributed by atoms with Crippen LogP contribution in [0.3, 0.4) is 0 Å². The first-order valence-electron chi connectivity index (χ1n) is 4.45. The lowest BCUT2D eigenvalue weighted by Crippen LogP contribution is -2.28. The normalized spacial score (nSPS) is 9.40. The fraction of sp³-hybridized carbons (Fsp3) is 0.455. The molecule has 0 atom stereocenters. The number of esters is 2. The molecule has 0 spiro atoms. The highest BCUT2D eigenvalue weighted by molar-refractivity contribution is 5.98. The molecule has 0 N–H and O–H groups in total. The summed E-state index contributed by atoms with van der Waals surface area (Å²) in [6.45, 7) is 7.14. The van der Waals surface area contributed by atoms with Crippen molar-refractivity contribution in [2.45, 2.75) is 13.8 Å². The van der Waals surface area contributed by atoms with Gasteiger partial charge in [-0.3, -0.25) is 9.59 Å². The molecular formula is C11H16O4. The Morgan fingerprint density at radius 1 is 1.13 bits per heavy atom. The Balaban J connectivity index is 5.28. The van der Waals surface area contributed by atoms with Crippen molar-refractivity contribution >= 4 is 11.9 Å². The summed E-state index contributed by atoms with van der Waals surface area (Å²) in [5.74, 6) is -2.32. The van der Waals surface area contributed by atoms with E-state index in [1.807, 2.05) is 0 Å². The topological polar surface area (TPSA) is 52.6 Å². The van der Waals surface area contributed by atoms with Crippen molar-refractivity contribution in [1.82, 2.24) is 0 Å². The maximum absolute atomic E-state index is 11.4. The van der Waals surface area contributed by atoms with Gasteiger partial charge in [0.2, 0.25) is 0 Å². The van der Waals surface area contributed by atoms with Crippen LogP contribution in [0.1, 0.15) is 13.8 Å².